The minimum Gasteiger partial charge on any atom is -0.497 e. The quantitative estimate of drug-likeness (QED) is 0.333. The van der Waals surface area contributed by atoms with Crippen LogP contribution in [0.25, 0.3) is 0 Å². The lowest BCUT2D eigenvalue weighted by Gasteiger charge is -2.11. The van der Waals surface area contributed by atoms with Gasteiger partial charge in [-0.05, 0) is 60.2 Å². The highest BCUT2D eigenvalue weighted by molar-refractivity contribution is 7.98. The van der Waals surface area contributed by atoms with Crippen LogP contribution in [-0.4, -0.2) is 13.0 Å². The Morgan fingerprint density at radius 2 is 1.81 bits per heavy atom. The molecule has 3 aromatic rings. The van der Waals surface area contributed by atoms with E-state index in [0.29, 0.717) is 44.0 Å². The summed E-state index contributed by atoms with van der Waals surface area (Å²) in [5, 5.41) is 12.3. The number of hydrogen-bond acceptors (Lipinski definition) is 7. The average molecular weight is 454 g/mol. The van der Waals surface area contributed by atoms with Gasteiger partial charge in [0.15, 0.2) is 0 Å². The second kappa shape index (κ2) is 10.5. The first-order valence-corrected chi connectivity index (χ1v) is 10.1. The maximum atomic E-state index is 12.5. The highest BCUT2D eigenvalue weighted by Gasteiger charge is 2.10. The third-order valence-electron chi connectivity index (χ3n) is 4.06. The van der Waals surface area contributed by atoms with Gasteiger partial charge >= 0.3 is 0 Å². The SMILES string of the molecule is COc1cc(CC(=O)Nc2ccc(SN=O)cc2)cc(Oc2cc(Cl)cc(C#N)c2)c1. The third-order valence-corrected chi connectivity index (χ3v) is 4.83. The Balaban J connectivity index is 1.74. The van der Waals surface area contributed by atoms with Crippen LogP contribution in [0.1, 0.15) is 11.1 Å². The predicted molar refractivity (Wildman–Crippen MR) is 120 cm³/mol. The van der Waals surface area contributed by atoms with Crippen LogP contribution in [0.4, 0.5) is 5.69 Å². The molecule has 0 saturated carbocycles. The van der Waals surface area contributed by atoms with Crippen molar-refractivity contribution >= 4 is 35.1 Å². The summed E-state index contributed by atoms with van der Waals surface area (Å²) in [4.78, 5) is 23.4. The Morgan fingerprint density at radius 3 is 2.48 bits per heavy atom. The van der Waals surface area contributed by atoms with E-state index in [4.69, 9.17) is 26.3 Å². The van der Waals surface area contributed by atoms with Crippen molar-refractivity contribution in [1.29, 1.82) is 5.26 Å². The number of anilines is 1. The summed E-state index contributed by atoms with van der Waals surface area (Å²) >= 11 is 6.85. The Labute approximate surface area is 188 Å². The van der Waals surface area contributed by atoms with Gasteiger partial charge in [0.05, 0.1) is 37.1 Å². The van der Waals surface area contributed by atoms with Crippen LogP contribution in [0.15, 0.2) is 70.1 Å². The Bertz CT molecular complexity index is 1150. The number of carbonyl (C=O) groups is 1. The first-order valence-electron chi connectivity index (χ1n) is 8.95. The first kappa shape index (κ1) is 22.2. The smallest absolute Gasteiger partial charge is 0.228 e. The molecule has 0 fully saturated rings. The summed E-state index contributed by atoms with van der Waals surface area (Å²) in [6.07, 6.45) is 0.0823. The van der Waals surface area contributed by atoms with E-state index >= 15 is 0 Å². The van der Waals surface area contributed by atoms with Crippen molar-refractivity contribution in [2.75, 3.05) is 12.4 Å². The van der Waals surface area contributed by atoms with Crippen LogP contribution in [0.5, 0.6) is 17.2 Å². The lowest BCUT2D eigenvalue weighted by atomic mass is 10.1. The number of nitrogens with one attached hydrogen (secondary N) is 1. The molecule has 3 rings (SSSR count). The van der Waals surface area contributed by atoms with Gasteiger partial charge in [-0.25, -0.2) is 0 Å². The van der Waals surface area contributed by atoms with Crippen molar-refractivity contribution < 1.29 is 14.3 Å². The summed E-state index contributed by atoms with van der Waals surface area (Å²) in [6.45, 7) is 0. The Kier molecular flexibility index (Phi) is 7.49. The van der Waals surface area contributed by atoms with Crippen molar-refractivity contribution in [2.45, 2.75) is 11.3 Å². The first-order chi connectivity index (χ1) is 15.0. The summed E-state index contributed by atoms with van der Waals surface area (Å²) in [7, 11) is 1.52. The van der Waals surface area contributed by atoms with Crippen LogP contribution in [0.3, 0.4) is 0 Å². The summed E-state index contributed by atoms with van der Waals surface area (Å²) in [5.74, 6) is 1.12. The molecular weight excluding hydrogens is 438 g/mol. The van der Waals surface area contributed by atoms with Gasteiger partial charge in [-0.2, -0.15) is 5.26 Å². The van der Waals surface area contributed by atoms with Gasteiger partial charge in [-0.1, -0.05) is 11.6 Å². The van der Waals surface area contributed by atoms with Crippen LogP contribution < -0.4 is 14.8 Å². The molecule has 31 heavy (non-hydrogen) atoms. The number of nitrogens with zero attached hydrogens (tertiary/aromatic N) is 2. The molecule has 0 atom stereocenters. The fraction of sp³-hybridized carbons (Fsp3) is 0.0909. The molecule has 0 aliphatic heterocycles. The van der Waals surface area contributed by atoms with Gasteiger partial charge in [0, 0.05) is 26.3 Å². The van der Waals surface area contributed by atoms with Crippen molar-refractivity contribution in [3.8, 4) is 23.3 Å². The fourth-order valence-corrected chi connectivity index (χ4v) is 3.33. The normalized spacial score (nSPS) is 10.1. The highest BCUT2D eigenvalue weighted by Crippen LogP contribution is 2.30. The zero-order valence-electron chi connectivity index (χ0n) is 16.3. The Hall–Kier alpha value is -3.54. The minimum absolute atomic E-state index is 0.0823. The number of hydrogen-bond donors (Lipinski definition) is 1. The van der Waals surface area contributed by atoms with Crippen molar-refractivity contribution in [1.82, 2.24) is 0 Å². The number of amides is 1. The fourth-order valence-electron chi connectivity index (χ4n) is 2.76. The highest BCUT2D eigenvalue weighted by atomic mass is 35.5. The minimum atomic E-state index is -0.234. The molecule has 0 aromatic heterocycles. The largest absolute Gasteiger partial charge is 0.497 e. The summed E-state index contributed by atoms with van der Waals surface area (Å²) in [6, 6.07) is 18.6. The molecule has 0 spiro atoms. The molecule has 0 radical (unpaired) electrons. The lowest BCUT2D eigenvalue weighted by molar-refractivity contribution is -0.115. The maximum Gasteiger partial charge on any atom is 0.228 e. The average Bonchev–Trinajstić information content (AvgIpc) is 2.74. The van der Waals surface area contributed by atoms with Crippen LogP contribution in [0, 0.1) is 16.2 Å². The predicted octanol–water partition coefficient (Wildman–Crippen LogP) is 5.97. The number of methoxy groups -OCH3 is 1. The molecule has 1 N–H and O–H groups in total. The topological polar surface area (TPSA) is 101 Å². The molecule has 9 heteroatoms. The van der Waals surface area contributed by atoms with E-state index < -0.39 is 0 Å². The van der Waals surface area contributed by atoms with E-state index in [2.05, 4.69) is 9.90 Å². The van der Waals surface area contributed by atoms with Crippen molar-refractivity contribution in [3.63, 3.8) is 0 Å². The summed E-state index contributed by atoms with van der Waals surface area (Å²) in [5.41, 5.74) is 1.65. The zero-order valence-corrected chi connectivity index (χ0v) is 17.9. The standard InChI is InChI=1S/C22H16ClN3O4S/c1-29-18-7-14(10-22(27)25-17-2-4-21(5-3-17)31-26-28)8-20(12-18)30-19-9-15(13-24)6-16(23)11-19/h2-9,11-12H,10H2,1H3,(H,25,27). The van der Waals surface area contributed by atoms with Gasteiger partial charge in [-0.15, -0.1) is 4.91 Å². The van der Waals surface area contributed by atoms with Crippen molar-refractivity contribution in [2.24, 2.45) is 4.58 Å². The molecule has 0 aliphatic rings. The number of carbonyl (C=O) groups excluding carboxylic acids is 1. The van der Waals surface area contributed by atoms with E-state index in [1.54, 1.807) is 54.6 Å². The number of nitroso groups, excluding NO2 is 1. The monoisotopic (exact) mass is 453 g/mol. The zero-order chi connectivity index (χ0) is 22.2. The molecule has 3 aromatic carbocycles. The number of ether oxygens (including phenoxy) is 2. The van der Waals surface area contributed by atoms with E-state index in [0.717, 1.165) is 11.9 Å². The van der Waals surface area contributed by atoms with E-state index in [9.17, 15) is 9.70 Å². The molecule has 0 unspecified atom stereocenters. The molecule has 156 valence electrons. The second-order valence-electron chi connectivity index (χ2n) is 6.32. The van der Waals surface area contributed by atoms with E-state index in [1.165, 1.54) is 13.2 Å². The summed E-state index contributed by atoms with van der Waals surface area (Å²) < 4.78 is 13.9. The Morgan fingerprint density at radius 1 is 1.10 bits per heavy atom. The molecular formula is C22H16ClN3O4S. The molecule has 7 nitrogen and oxygen atoms in total. The van der Waals surface area contributed by atoms with Gasteiger partial charge in [0.2, 0.25) is 5.91 Å². The van der Waals surface area contributed by atoms with Gasteiger partial charge in [0.1, 0.15) is 17.2 Å². The molecule has 1 amide bonds. The third kappa shape index (κ3) is 6.47. The number of nitriles is 1. The van der Waals surface area contributed by atoms with Gasteiger partial charge in [-0.3, -0.25) is 4.79 Å². The van der Waals surface area contributed by atoms with Gasteiger partial charge in [0.25, 0.3) is 0 Å². The maximum absolute atomic E-state index is 12.5. The molecule has 0 saturated heterocycles. The lowest BCUT2D eigenvalue weighted by Crippen LogP contribution is -2.14. The second-order valence-corrected chi connectivity index (χ2v) is 7.56. The molecule has 0 aliphatic carbocycles. The number of rotatable bonds is 8. The van der Waals surface area contributed by atoms with Crippen LogP contribution in [-0.2, 0) is 11.2 Å². The van der Waals surface area contributed by atoms with E-state index in [1.807, 2.05) is 6.07 Å². The molecule has 0 heterocycles. The van der Waals surface area contributed by atoms with Crippen LogP contribution in [0.2, 0.25) is 5.02 Å². The van der Waals surface area contributed by atoms with Crippen molar-refractivity contribution in [3.05, 3.63) is 81.7 Å². The van der Waals surface area contributed by atoms with Gasteiger partial charge < -0.3 is 14.8 Å². The number of benzene rings is 3. The number of halogens is 1. The van der Waals surface area contributed by atoms with Crippen LogP contribution >= 0.6 is 23.5 Å². The molecule has 0 bridgehead atoms. The van der Waals surface area contributed by atoms with E-state index in [-0.39, 0.29) is 12.3 Å².